The monoisotopic (exact) mass is 260 g/mol. The van der Waals surface area contributed by atoms with Gasteiger partial charge in [-0.1, -0.05) is 23.4 Å². The molecule has 1 aliphatic heterocycles. The van der Waals surface area contributed by atoms with Crippen molar-refractivity contribution in [3.05, 3.63) is 28.9 Å². The number of benzene rings is 1. The van der Waals surface area contributed by atoms with E-state index < -0.39 is 0 Å². The van der Waals surface area contributed by atoms with Crippen molar-refractivity contribution in [3.8, 4) is 11.8 Å². The molecule has 0 atom stereocenters. The first-order valence-corrected chi connectivity index (χ1v) is 6.42. The lowest BCUT2D eigenvalue weighted by Gasteiger charge is -2.16. The summed E-state index contributed by atoms with van der Waals surface area (Å²) in [6.07, 6.45) is 3.78. The summed E-state index contributed by atoms with van der Waals surface area (Å²) in [5.41, 5.74) is 1.83. The Morgan fingerprint density at radius 1 is 1.33 bits per heavy atom. The van der Waals surface area contributed by atoms with Gasteiger partial charge in [0.05, 0.1) is 16.7 Å². The Morgan fingerprint density at radius 2 is 2.17 bits per heavy atom. The second-order valence-electron chi connectivity index (χ2n) is 4.45. The third-order valence-corrected chi connectivity index (χ3v) is 3.47. The molecule has 0 saturated carbocycles. The SMILES string of the molecule is Clc1cc2cn[nH]c2cc1C#CC1CCOCC1. The predicted octanol–water partition coefficient (Wildman–Crippen LogP) is 2.99. The van der Waals surface area contributed by atoms with E-state index in [1.54, 1.807) is 6.20 Å². The van der Waals surface area contributed by atoms with Crippen LogP contribution in [0.2, 0.25) is 5.02 Å². The molecule has 0 radical (unpaired) electrons. The summed E-state index contributed by atoms with van der Waals surface area (Å²) >= 11 is 6.21. The Morgan fingerprint density at radius 3 is 3.00 bits per heavy atom. The van der Waals surface area contributed by atoms with Gasteiger partial charge in [0, 0.05) is 30.1 Å². The number of hydrogen-bond donors (Lipinski definition) is 1. The van der Waals surface area contributed by atoms with Crippen LogP contribution in [0, 0.1) is 17.8 Å². The van der Waals surface area contributed by atoms with E-state index in [2.05, 4.69) is 22.0 Å². The third-order valence-electron chi connectivity index (χ3n) is 3.16. The molecule has 0 amide bonds. The highest BCUT2D eigenvalue weighted by Crippen LogP contribution is 2.22. The maximum Gasteiger partial charge on any atom is 0.0663 e. The van der Waals surface area contributed by atoms with Crippen LogP contribution in [-0.4, -0.2) is 23.4 Å². The zero-order valence-corrected chi connectivity index (χ0v) is 10.6. The summed E-state index contributed by atoms with van der Waals surface area (Å²) < 4.78 is 5.32. The summed E-state index contributed by atoms with van der Waals surface area (Å²) in [4.78, 5) is 0. The second-order valence-corrected chi connectivity index (χ2v) is 4.85. The normalized spacial score (nSPS) is 16.5. The number of hydrogen-bond acceptors (Lipinski definition) is 2. The number of rotatable bonds is 0. The van der Waals surface area contributed by atoms with Gasteiger partial charge in [0.2, 0.25) is 0 Å². The van der Waals surface area contributed by atoms with Crippen LogP contribution in [0.3, 0.4) is 0 Å². The lowest BCUT2D eigenvalue weighted by atomic mass is 10.0. The first kappa shape index (κ1) is 11.6. The number of H-pyrrole nitrogens is 1. The van der Waals surface area contributed by atoms with E-state index in [1.165, 1.54) is 0 Å². The van der Waals surface area contributed by atoms with Crippen LogP contribution in [0.1, 0.15) is 18.4 Å². The van der Waals surface area contributed by atoms with Crippen LogP contribution in [0.15, 0.2) is 18.3 Å². The third kappa shape index (κ3) is 2.35. The molecule has 0 spiro atoms. The van der Waals surface area contributed by atoms with Crippen LogP contribution < -0.4 is 0 Å². The Kier molecular flexibility index (Phi) is 3.22. The predicted molar refractivity (Wildman–Crippen MR) is 71.5 cm³/mol. The molecule has 0 bridgehead atoms. The van der Waals surface area contributed by atoms with Crippen LogP contribution in [0.25, 0.3) is 10.9 Å². The smallest absolute Gasteiger partial charge is 0.0663 e. The maximum atomic E-state index is 6.21. The van der Waals surface area contributed by atoms with Crippen molar-refractivity contribution in [1.82, 2.24) is 10.2 Å². The molecular formula is C14H13ClN2O. The molecule has 4 heteroatoms. The minimum Gasteiger partial charge on any atom is -0.381 e. The van der Waals surface area contributed by atoms with Crippen molar-refractivity contribution in [2.75, 3.05) is 13.2 Å². The van der Waals surface area contributed by atoms with Gasteiger partial charge in [-0.25, -0.2) is 0 Å². The minimum atomic E-state index is 0.423. The number of aromatic nitrogens is 2. The van der Waals surface area contributed by atoms with E-state index >= 15 is 0 Å². The molecule has 92 valence electrons. The van der Waals surface area contributed by atoms with Gasteiger partial charge >= 0.3 is 0 Å². The van der Waals surface area contributed by atoms with Gasteiger partial charge in [-0.15, -0.1) is 0 Å². The van der Waals surface area contributed by atoms with Gasteiger partial charge in [-0.05, 0) is 25.0 Å². The number of halogens is 1. The Labute approximate surface area is 110 Å². The standard InChI is InChI=1S/C14H13ClN2O/c15-13-7-12-9-16-17-14(12)8-11(13)2-1-10-3-5-18-6-4-10/h7-10H,3-6H2,(H,16,17). The summed E-state index contributed by atoms with van der Waals surface area (Å²) in [5.74, 6) is 6.89. The first-order chi connectivity index (χ1) is 8.83. The van der Waals surface area contributed by atoms with Crippen molar-refractivity contribution in [2.45, 2.75) is 12.8 Å². The highest BCUT2D eigenvalue weighted by molar-refractivity contribution is 6.32. The van der Waals surface area contributed by atoms with Crippen LogP contribution in [0.4, 0.5) is 0 Å². The lowest BCUT2D eigenvalue weighted by molar-refractivity contribution is 0.0807. The van der Waals surface area contributed by atoms with Crippen molar-refractivity contribution in [3.63, 3.8) is 0 Å². The number of nitrogens with zero attached hydrogens (tertiary/aromatic N) is 1. The summed E-state index contributed by atoms with van der Waals surface area (Å²) in [6.45, 7) is 1.62. The molecule has 2 heterocycles. The molecule has 18 heavy (non-hydrogen) atoms. The van der Waals surface area contributed by atoms with E-state index in [9.17, 15) is 0 Å². The molecule has 2 aromatic rings. The van der Waals surface area contributed by atoms with Gasteiger partial charge in [-0.3, -0.25) is 5.10 Å². The van der Waals surface area contributed by atoms with Crippen molar-refractivity contribution in [2.24, 2.45) is 5.92 Å². The Hall–Kier alpha value is -1.50. The average Bonchev–Trinajstić information content (AvgIpc) is 2.84. The van der Waals surface area contributed by atoms with E-state index in [0.717, 1.165) is 42.5 Å². The van der Waals surface area contributed by atoms with E-state index in [1.807, 2.05) is 12.1 Å². The second kappa shape index (κ2) is 5.01. The van der Waals surface area contributed by atoms with Gasteiger partial charge in [-0.2, -0.15) is 5.10 Å². The van der Waals surface area contributed by atoms with Gasteiger partial charge in [0.15, 0.2) is 0 Å². The lowest BCUT2D eigenvalue weighted by Crippen LogP contribution is -2.13. The molecule has 3 nitrogen and oxygen atoms in total. The molecule has 1 saturated heterocycles. The zero-order chi connectivity index (χ0) is 12.4. The van der Waals surface area contributed by atoms with Gasteiger partial charge < -0.3 is 4.74 Å². The molecular weight excluding hydrogens is 248 g/mol. The number of nitrogens with one attached hydrogen (secondary N) is 1. The first-order valence-electron chi connectivity index (χ1n) is 6.05. The maximum absolute atomic E-state index is 6.21. The summed E-state index contributed by atoms with van der Waals surface area (Å²) in [6, 6.07) is 3.85. The van der Waals surface area contributed by atoms with E-state index in [4.69, 9.17) is 16.3 Å². The quantitative estimate of drug-likeness (QED) is 0.740. The highest BCUT2D eigenvalue weighted by Gasteiger charge is 2.10. The fraction of sp³-hybridized carbons (Fsp3) is 0.357. The fourth-order valence-corrected chi connectivity index (χ4v) is 2.30. The largest absolute Gasteiger partial charge is 0.381 e. The molecule has 1 aromatic carbocycles. The molecule has 1 aliphatic rings. The van der Waals surface area contributed by atoms with Crippen molar-refractivity contribution in [1.29, 1.82) is 0 Å². The Balaban J connectivity index is 1.89. The van der Waals surface area contributed by atoms with E-state index in [0.29, 0.717) is 10.9 Å². The van der Waals surface area contributed by atoms with Crippen LogP contribution >= 0.6 is 11.6 Å². The highest BCUT2D eigenvalue weighted by atomic mass is 35.5. The number of aromatic amines is 1. The Bertz CT molecular complexity index is 617. The van der Waals surface area contributed by atoms with Crippen LogP contribution in [-0.2, 0) is 4.74 Å². The number of ether oxygens (including phenoxy) is 1. The zero-order valence-electron chi connectivity index (χ0n) is 9.87. The number of fused-ring (bicyclic) bond motifs is 1. The average molecular weight is 261 g/mol. The summed E-state index contributed by atoms with van der Waals surface area (Å²) in [7, 11) is 0. The fourth-order valence-electron chi connectivity index (χ4n) is 2.08. The van der Waals surface area contributed by atoms with E-state index in [-0.39, 0.29) is 0 Å². The van der Waals surface area contributed by atoms with Crippen molar-refractivity contribution < 1.29 is 4.74 Å². The molecule has 1 N–H and O–H groups in total. The molecule has 1 fully saturated rings. The molecule has 1 aromatic heterocycles. The molecule has 3 rings (SSSR count). The minimum absolute atomic E-state index is 0.423. The topological polar surface area (TPSA) is 37.9 Å². The van der Waals surface area contributed by atoms with Gasteiger partial charge in [0.1, 0.15) is 0 Å². The molecule has 0 unspecified atom stereocenters. The molecule has 0 aliphatic carbocycles. The van der Waals surface area contributed by atoms with Crippen molar-refractivity contribution >= 4 is 22.5 Å². The summed E-state index contributed by atoms with van der Waals surface area (Å²) in [5, 5.41) is 8.61. The van der Waals surface area contributed by atoms with Crippen LogP contribution in [0.5, 0.6) is 0 Å². The van der Waals surface area contributed by atoms with Gasteiger partial charge in [0.25, 0.3) is 0 Å².